The van der Waals surface area contributed by atoms with Crippen LogP contribution in [0.3, 0.4) is 0 Å². The van der Waals surface area contributed by atoms with Crippen LogP contribution in [0.25, 0.3) is 28.0 Å². The Bertz CT molecular complexity index is 1680. The van der Waals surface area contributed by atoms with E-state index in [0.717, 1.165) is 47.5 Å². The van der Waals surface area contributed by atoms with Crippen molar-refractivity contribution in [3.8, 4) is 17.1 Å². The fourth-order valence-electron chi connectivity index (χ4n) is 5.75. The zero-order chi connectivity index (χ0) is 27.8. The van der Waals surface area contributed by atoms with E-state index in [1.165, 1.54) is 24.8 Å². The maximum absolute atomic E-state index is 5.16. The van der Waals surface area contributed by atoms with E-state index in [9.17, 15) is 0 Å². The Morgan fingerprint density at radius 2 is 1.88 bits per heavy atom. The predicted octanol–water partition coefficient (Wildman–Crippen LogP) is 5.48. The van der Waals surface area contributed by atoms with Crippen LogP contribution in [0.15, 0.2) is 67.4 Å². The lowest BCUT2D eigenvalue weighted by molar-refractivity contribution is 0.236. The maximum Gasteiger partial charge on any atom is 0.248 e. The summed E-state index contributed by atoms with van der Waals surface area (Å²) in [5, 5.41) is 16.3. The summed E-state index contributed by atoms with van der Waals surface area (Å²) in [5.74, 6) is 3.12. The van der Waals surface area contributed by atoms with Crippen molar-refractivity contribution in [1.82, 2.24) is 40.0 Å². The number of pyridine rings is 2. The molecular weight excluding hydrogens is 512 g/mol. The van der Waals surface area contributed by atoms with E-state index in [2.05, 4.69) is 49.8 Å². The third kappa shape index (κ3) is 5.11. The van der Waals surface area contributed by atoms with Gasteiger partial charge in [-0.3, -0.25) is 4.98 Å². The predicted molar refractivity (Wildman–Crippen MR) is 160 cm³/mol. The Hall–Kier alpha value is -4.44. The number of aromatic nitrogens is 7. The van der Waals surface area contributed by atoms with Gasteiger partial charge >= 0.3 is 0 Å². The number of anilines is 3. The number of piperidine rings is 1. The molecule has 1 saturated heterocycles. The van der Waals surface area contributed by atoms with Gasteiger partial charge in [-0.25, -0.2) is 19.6 Å². The summed E-state index contributed by atoms with van der Waals surface area (Å²) in [6, 6.07) is 14.0. The van der Waals surface area contributed by atoms with Gasteiger partial charge in [-0.2, -0.15) is 4.98 Å². The molecule has 0 bridgehead atoms. The van der Waals surface area contributed by atoms with Gasteiger partial charge in [0.15, 0.2) is 5.82 Å². The van der Waals surface area contributed by atoms with E-state index in [1.807, 2.05) is 54.9 Å². The Kier molecular flexibility index (Phi) is 6.54. The summed E-state index contributed by atoms with van der Waals surface area (Å²) in [7, 11) is 0. The molecule has 5 heterocycles. The molecule has 0 spiro atoms. The lowest BCUT2D eigenvalue weighted by Crippen LogP contribution is -2.49. The van der Waals surface area contributed by atoms with Gasteiger partial charge in [0.1, 0.15) is 18.0 Å². The van der Waals surface area contributed by atoms with Gasteiger partial charge in [-0.1, -0.05) is 38.5 Å². The van der Waals surface area contributed by atoms with Crippen LogP contribution in [0.4, 0.5) is 17.6 Å². The second kappa shape index (κ2) is 10.5. The van der Waals surface area contributed by atoms with Gasteiger partial charge in [-0.15, -0.1) is 5.10 Å². The van der Waals surface area contributed by atoms with E-state index in [1.54, 1.807) is 17.2 Å². The SMILES string of the molecule is CC1(C)CNCC[C@@H]1Nc1nc(-c2ccnc(Nc3ncn(-c4ccccc4)n3)c2)nc2cncc(C3CCC3)c12. The van der Waals surface area contributed by atoms with E-state index in [0.29, 0.717) is 23.5 Å². The molecule has 2 fully saturated rings. The molecule has 1 aliphatic carbocycles. The molecule has 0 amide bonds. The minimum atomic E-state index is 0.0866. The van der Waals surface area contributed by atoms with Gasteiger partial charge in [-0.05, 0) is 67.0 Å². The monoisotopic (exact) mass is 546 g/mol. The third-order valence-electron chi connectivity index (χ3n) is 8.40. The number of fused-ring (bicyclic) bond motifs is 1. The van der Waals surface area contributed by atoms with E-state index in [4.69, 9.17) is 9.97 Å². The van der Waals surface area contributed by atoms with E-state index >= 15 is 0 Å². The number of benzene rings is 1. The lowest BCUT2D eigenvalue weighted by Gasteiger charge is -2.40. The zero-order valence-electron chi connectivity index (χ0n) is 23.4. The number of rotatable bonds is 7. The first-order valence-electron chi connectivity index (χ1n) is 14.4. The third-order valence-corrected chi connectivity index (χ3v) is 8.40. The van der Waals surface area contributed by atoms with Gasteiger partial charge in [0.2, 0.25) is 5.95 Å². The molecule has 10 heteroatoms. The van der Waals surface area contributed by atoms with Crippen molar-refractivity contribution in [2.75, 3.05) is 23.7 Å². The number of hydrogen-bond donors (Lipinski definition) is 3. The highest BCUT2D eigenvalue weighted by molar-refractivity contribution is 5.93. The minimum Gasteiger partial charge on any atom is -0.366 e. The first-order valence-corrected chi connectivity index (χ1v) is 14.4. The van der Waals surface area contributed by atoms with Crippen LogP contribution in [-0.2, 0) is 0 Å². The van der Waals surface area contributed by atoms with Crippen LogP contribution < -0.4 is 16.0 Å². The molecule has 2 aliphatic rings. The molecule has 0 radical (unpaired) electrons. The lowest BCUT2D eigenvalue weighted by atomic mass is 9.78. The molecule has 1 aromatic carbocycles. The average Bonchev–Trinajstić information content (AvgIpc) is 3.42. The summed E-state index contributed by atoms with van der Waals surface area (Å²) in [6.45, 7) is 6.57. The van der Waals surface area contributed by atoms with Gasteiger partial charge < -0.3 is 16.0 Å². The second-order valence-electron chi connectivity index (χ2n) is 11.7. The fraction of sp³-hybridized carbons (Fsp3) is 0.355. The smallest absolute Gasteiger partial charge is 0.248 e. The molecule has 3 N–H and O–H groups in total. The molecule has 1 atom stereocenters. The largest absolute Gasteiger partial charge is 0.366 e. The van der Waals surface area contributed by atoms with Gasteiger partial charge in [0, 0.05) is 35.9 Å². The molecule has 4 aromatic heterocycles. The molecule has 208 valence electrons. The van der Waals surface area contributed by atoms with Crippen molar-refractivity contribution in [2.45, 2.75) is 51.5 Å². The number of nitrogens with one attached hydrogen (secondary N) is 3. The summed E-state index contributed by atoms with van der Waals surface area (Å²) in [4.78, 5) is 23.7. The van der Waals surface area contributed by atoms with Crippen molar-refractivity contribution in [3.63, 3.8) is 0 Å². The summed E-state index contributed by atoms with van der Waals surface area (Å²) in [6.07, 6.45) is 12.0. The highest BCUT2D eigenvalue weighted by atomic mass is 15.4. The summed E-state index contributed by atoms with van der Waals surface area (Å²) < 4.78 is 1.73. The molecule has 1 aliphatic heterocycles. The van der Waals surface area contributed by atoms with Crippen LogP contribution in [-0.4, -0.2) is 53.8 Å². The first-order chi connectivity index (χ1) is 20.0. The van der Waals surface area contributed by atoms with Crippen molar-refractivity contribution >= 4 is 28.5 Å². The fourth-order valence-corrected chi connectivity index (χ4v) is 5.75. The topological polar surface area (TPSA) is 118 Å². The average molecular weight is 547 g/mol. The number of nitrogens with zero attached hydrogens (tertiary/aromatic N) is 7. The van der Waals surface area contributed by atoms with Gasteiger partial charge in [0.05, 0.1) is 17.4 Å². The molecule has 5 aromatic rings. The maximum atomic E-state index is 5.16. The van der Waals surface area contributed by atoms with Crippen LogP contribution in [0.2, 0.25) is 0 Å². The summed E-state index contributed by atoms with van der Waals surface area (Å²) in [5.41, 5.74) is 4.00. The summed E-state index contributed by atoms with van der Waals surface area (Å²) >= 11 is 0. The highest BCUT2D eigenvalue weighted by Gasteiger charge is 2.33. The Labute approximate surface area is 239 Å². The van der Waals surface area contributed by atoms with Crippen LogP contribution in [0.1, 0.15) is 51.0 Å². The first kappa shape index (κ1) is 25.5. The minimum absolute atomic E-state index is 0.0866. The van der Waals surface area contributed by atoms with E-state index in [-0.39, 0.29) is 11.5 Å². The molecular formula is C31H34N10. The highest BCUT2D eigenvalue weighted by Crippen LogP contribution is 2.42. The quantitative estimate of drug-likeness (QED) is 0.244. The number of hydrogen-bond acceptors (Lipinski definition) is 9. The number of para-hydroxylation sites is 1. The molecule has 1 saturated carbocycles. The van der Waals surface area contributed by atoms with Crippen molar-refractivity contribution < 1.29 is 0 Å². The molecule has 0 unspecified atom stereocenters. The van der Waals surface area contributed by atoms with Gasteiger partial charge in [0.25, 0.3) is 0 Å². The Balaban J connectivity index is 1.24. The standard InChI is InChI=1S/C31H34N10/c1-31(2)18-32-13-12-25(31)37-29-27-23(20-7-6-8-20)16-33-17-24(27)36-28(39-29)21-11-14-34-26(15-21)38-30-35-19-41(40-30)22-9-4-3-5-10-22/h3-5,9-11,14-17,19-20,25,32H,6-8,12-13,18H2,1-2H3,(H,34,38,40)(H,36,37,39)/t25-/m0/s1. The van der Waals surface area contributed by atoms with Crippen LogP contribution >= 0.6 is 0 Å². The second-order valence-corrected chi connectivity index (χ2v) is 11.7. The Morgan fingerprint density at radius 3 is 2.68 bits per heavy atom. The zero-order valence-corrected chi connectivity index (χ0v) is 23.4. The van der Waals surface area contributed by atoms with Crippen molar-refractivity contribution in [2.24, 2.45) is 5.41 Å². The molecule has 10 nitrogen and oxygen atoms in total. The van der Waals surface area contributed by atoms with Crippen LogP contribution in [0.5, 0.6) is 0 Å². The van der Waals surface area contributed by atoms with Crippen molar-refractivity contribution in [1.29, 1.82) is 0 Å². The molecule has 41 heavy (non-hydrogen) atoms. The normalized spacial score (nSPS) is 18.6. The van der Waals surface area contributed by atoms with E-state index < -0.39 is 0 Å². The molecule has 7 rings (SSSR count). The Morgan fingerprint density at radius 1 is 1.00 bits per heavy atom. The van der Waals surface area contributed by atoms with Crippen LogP contribution in [0, 0.1) is 5.41 Å². The van der Waals surface area contributed by atoms with Crippen molar-refractivity contribution in [3.05, 3.63) is 72.9 Å².